The fourth-order valence-corrected chi connectivity index (χ4v) is 3.82. The quantitative estimate of drug-likeness (QED) is 0.123. The zero-order valence-electron chi connectivity index (χ0n) is 24.5. The molecule has 15 nitrogen and oxygen atoms in total. The maximum atomic E-state index is 13.3. The second kappa shape index (κ2) is 18.0. The molecular formula is C28H40N4O11. The molecule has 0 saturated heterocycles. The van der Waals surface area contributed by atoms with Crippen LogP contribution in [0.1, 0.15) is 58.9 Å². The second-order valence-electron chi connectivity index (χ2n) is 10.3. The molecule has 0 heterocycles. The molecule has 15 heteroatoms. The maximum absolute atomic E-state index is 13.3. The molecule has 0 radical (unpaired) electrons. The minimum Gasteiger partial charge on any atom is -0.481 e. The van der Waals surface area contributed by atoms with E-state index in [1.807, 2.05) is 0 Å². The Balaban J connectivity index is 3.07. The summed E-state index contributed by atoms with van der Waals surface area (Å²) in [6.45, 7) is 6.49. The number of carboxylic acid groups (broad SMARTS) is 3. The Morgan fingerprint density at radius 1 is 0.744 bits per heavy atom. The van der Waals surface area contributed by atoms with Gasteiger partial charge in [-0.15, -0.1) is 0 Å². The van der Waals surface area contributed by atoms with Crippen molar-refractivity contribution in [3.63, 3.8) is 0 Å². The molecule has 4 amide bonds. The van der Waals surface area contributed by atoms with E-state index in [2.05, 4.69) is 21.3 Å². The number of ether oxygens (including phenoxy) is 1. The fraction of sp³-hybridized carbons (Fsp3) is 0.536. The summed E-state index contributed by atoms with van der Waals surface area (Å²) in [6.07, 6.45) is -2.37. The van der Waals surface area contributed by atoms with Crippen LogP contribution < -0.4 is 21.3 Å². The van der Waals surface area contributed by atoms with Gasteiger partial charge in [0.05, 0.1) is 6.42 Å². The topological polar surface area (TPSA) is 238 Å². The van der Waals surface area contributed by atoms with Gasteiger partial charge in [-0.25, -0.2) is 9.59 Å². The van der Waals surface area contributed by atoms with Gasteiger partial charge in [-0.05, 0) is 23.8 Å². The summed E-state index contributed by atoms with van der Waals surface area (Å²) in [7, 11) is 0. The lowest BCUT2D eigenvalue weighted by molar-refractivity contribution is -0.147. The average Bonchev–Trinajstić information content (AvgIpc) is 2.94. The van der Waals surface area contributed by atoms with Crippen LogP contribution in [0, 0.1) is 11.8 Å². The summed E-state index contributed by atoms with van der Waals surface area (Å²) < 4.78 is 5.17. The Labute approximate surface area is 248 Å². The first-order valence-corrected chi connectivity index (χ1v) is 13.7. The molecule has 1 aromatic carbocycles. The Morgan fingerprint density at radius 2 is 1.33 bits per heavy atom. The lowest BCUT2D eigenvalue weighted by atomic mass is 9.96. The van der Waals surface area contributed by atoms with E-state index < -0.39 is 90.6 Å². The van der Waals surface area contributed by atoms with Gasteiger partial charge in [0.15, 0.2) is 0 Å². The molecule has 1 aromatic rings. The standard InChI is InChI=1S/C28H40N4O11/c1-5-16(4)23(26(39)30-19(27(40)41)13-21(35)36)31-24(37)18(11-12-20(33)34)29-25(38)22(15(2)3)32-28(42)43-14-17-9-7-6-8-10-17/h6-10,15-16,18-19,22-23H,5,11-14H2,1-4H3,(H,29,38)(H,30,39)(H,31,37)(H,32,42)(H,33,34)(H,35,36)(H,40,41)/t16-,18-,19-,22-,23-/m0/s1. The van der Waals surface area contributed by atoms with Crippen LogP contribution in [0.4, 0.5) is 4.79 Å². The van der Waals surface area contributed by atoms with E-state index >= 15 is 0 Å². The monoisotopic (exact) mass is 608 g/mol. The van der Waals surface area contributed by atoms with E-state index in [0.717, 1.165) is 0 Å². The highest BCUT2D eigenvalue weighted by Gasteiger charge is 2.34. The number of aliphatic carboxylic acids is 3. The van der Waals surface area contributed by atoms with Crippen molar-refractivity contribution in [2.24, 2.45) is 11.8 Å². The molecule has 0 bridgehead atoms. The van der Waals surface area contributed by atoms with E-state index in [9.17, 15) is 43.8 Å². The molecule has 1 rings (SSSR count). The number of carboxylic acids is 3. The van der Waals surface area contributed by atoms with E-state index in [1.165, 1.54) is 0 Å². The smallest absolute Gasteiger partial charge is 0.408 e. The molecule has 5 atom stereocenters. The van der Waals surface area contributed by atoms with Gasteiger partial charge >= 0.3 is 24.0 Å². The van der Waals surface area contributed by atoms with Crippen LogP contribution >= 0.6 is 0 Å². The summed E-state index contributed by atoms with van der Waals surface area (Å²) in [4.78, 5) is 85.5. The van der Waals surface area contributed by atoms with Crippen LogP contribution in [-0.4, -0.2) is 81.2 Å². The highest BCUT2D eigenvalue weighted by molar-refractivity contribution is 5.95. The van der Waals surface area contributed by atoms with Crippen LogP contribution in [0.3, 0.4) is 0 Å². The first-order valence-electron chi connectivity index (χ1n) is 13.7. The molecule has 0 aliphatic heterocycles. The molecule has 0 unspecified atom stereocenters. The maximum Gasteiger partial charge on any atom is 0.408 e. The second-order valence-corrected chi connectivity index (χ2v) is 10.3. The fourth-order valence-electron chi connectivity index (χ4n) is 3.82. The minimum absolute atomic E-state index is 0.0585. The third-order valence-corrected chi connectivity index (χ3v) is 6.50. The molecule has 0 spiro atoms. The van der Waals surface area contributed by atoms with Crippen molar-refractivity contribution in [2.75, 3.05) is 0 Å². The number of alkyl carbamates (subject to hydrolysis) is 1. The molecule has 0 saturated carbocycles. The van der Waals surface area contributed by atoms with Crippen molar-refractivity contribution in [3.05, 3.63) is 35.9 Å². The Hall–Kier alpha value is -4.69. The van der Waals surface area contributed by atoms with Gasteiger partial charge in [-0.2, -0.15) is 0 Å². The van der Waals surface area contributed by atoms with Crippen LogP contribution in [0.15, 0.2) is 30.3 Å². The number of hydrogen-bond acceptors (Lipinski definition) is 8. The number of nitrogens with one attached hydrogen (secondary N) is 4. The number of carbonyl (C=O) groups is 7. The average molecular weight is 609 g/mol. The lowest BCUT2D eigenvalue weighted by Crippen LogP contribution is -2.59. The van der Waals surface area contributed by atoms with Gasteiger partial charge in [0.1, 0.15) is 30.8 Å². The first kappa shape index (κ1) is 36.3. The normalized spacial score (nSPS) is 14.3. The van der Waals surface area contributed by atoms with Gasteiger partial charge in [0, 0.05) is 6.42 Å². The van der Waals surface area contributed by atoms with Crippen LogP contribution in [-0.2, 0) is 40.1 Å². The minimum atomic E-state index is -1.77. The molecule has 238 valence electrons. The predicted molar refractivity (Wildman–Crippen MR) is 150 cm³/mol. The lowest BCUT2D eigenvalue weighted by Gasteiger charge is -2.28. The molecule has 7 N–H and O–H groups in total. The van der Waals surface area contributed by atoms with Crippen molar-refractivity contribution in [1.82, 2.24) is 21.3 Å². The zero-order chi connectivity index (χ0) is 32.7. The predicted octanol–water partition coefficient (Wildman–Crippen LogP) is 0.862. The van der Waals surface area contributed by atoms with Gasteiger partial charge < -0.3 is 41.3 Å². The molecule has 0 aliphatic carbocycles. The van der Waals surface area contributed by atoms with E-state index in [-0.39, 0.29) is 13.0 Å². The number of carbonyl (C=O) groups excluding carboxylic acids is 4. The molecule has 0 aromatic heterocycles. The molecule has 43 heavy (non-hydrogen) atoms. The summed E-state index contributed by atoms with van der Waals surface area (Å²) in [5, 5.41) is 36.8. The molecule has 0 fully saturated rings. The summed E-state index contributed by atoms with van der Waals surface area (Å²) in [6, 6.07) is 3.06. The highest BCUT2D eigenvalue weighted by Crippen LogP contribution is 2.12. The van der Waals surface area contributed by atoms with Crippen molar-refractivity contribution in [2.45, 2.75) is 84.2 Å². The van der Waals surface area contributed by atoms with Crippen molar-refractivity contribution >= 4 is 41.7 Å². The number of hydrogen-bond donors (Lipinski definition) is 7. The van der Waals surface area contributed by atoms with Gasteiger partial charge in [0.25, 0.3) is 0 Å². The summed E-state index contributed by atoms with van der Waals surface area (Å²) in [5.41, 5.74) is 0.714. The summed E-state index contributed by atoms with van der Waals surface area (Å²) >= 11 is 0. The number of rotatable bonds is 18. The summed E-state index contributed by atoms with van der Waals surface area (Å²) in [5.74, 6) is -8.08. The Bertz CT molecular complexity index is 1140. The van der Waals surface area contributed by atoms with E-state index in [0.29, 0.717) is 12.0 Å². The Kier molecular flexibility index (Phi) is 15.2. The number of amides is 4. The third kappa shape index (κ3) is 13.2. The van der Waals surface area contributed by atoms with Crippen LogP contribution in [0.2, 0.25) is 0 Å². The van der Waals surface area contributed by atoms with Gasteiger partial charge in [0.2, 0.25) is 17.7 Å². The van der Waals surface area contributed by atoms with Crippen LogP contribution in [0.25, 0.3) is 0 Å². The largest absolute Gasteiger partial charge is 0.481 e. The van der Waals surface area contributed by atoms with Crippen molar-refractivity contribution in [3.8, 4) is 0 Å². The van der Waals surface area contributed by atoms with E-state index in [4.69, 9.17) is 9.84 Å². The first-order chi connectivity index (χ1) is 20.2. The van der Waals surface area contributed by atoms with E-state index in [1.54, 1.807) is 58.0 Å². The van der Waals surface area contributed by atoms with Gasteiger partial charge in [-0.3, -0.25) is 24.0 Å². The van der Waals surface area contributed by atoms with Crippen LogP contribution in [0.5, 0.6) is 0 Å². The third-order valence-electron chi connectivity index (χ3n) is 6.50. The SMILES string of the molecule is CC[C@H](C)[C@H](NC(=O)[C@H](CCC(=O)O)NC(=O)[C@@H](NC(=O)OCc1ccccc1)C(C)C)C(=O)N[C@@H](CC(=O)O)C(=O)O. The number of benzene rings is 1. The molecular weight excluding hydrogens is 568 g/mol. The zero-order valence-corrected chi connectivity index (χ0v) is 24.5. The Morgan fingerprint density at radius 3 is 1.84 bits per heavy atom. The highest BCUT2D eigenvalue weighted by atomic mass is 16.5. The van der Waals surface area contributed by atoms with Crippen molar-refractivity contribution in [1.29, 1.82) is 0 Å². The molecule has 0 aliphatic rings. The van der Waals surface area contributed by atoms with Crippen molar-refractivity contribution < 1.29 is 53.6 Å². The van der Waals surface area contributed by atoms with Gasteiger partial charge in [-0.1, -0.05) is 64.4 Å².